The molecule has 1 aliphatic rings. The minimum atomic E-state index is -0.455. The van der Waals surface area contributed by atoms with E-state index in [1.165, 1.54) is 0 Å². The number of hydrogen-bond donors (Lipinski definition) is 3. The van der Waals surface area contributed by atoms with Crippen molar-refractivity contribution in [3.63, 3.8) is 0 Å². The van der Waals surface area contributed by atoms with Crippen molar-refractivity contribution < 1.29 is 9.59 Å². The number of nitrogens with one attached hydrogen (secondary N) is 3. The van der Waals surface area contributed by atoms with Gasteiger partial charge in [0.15, 0.2) is 0 Å². The summed E-state index contributed by atoms with van der Waals surface area (Å²) < 4.78 is 0. The number of amides is 2. The molecule has 0 bridgehead atoms. The third-order valence-corrected chi connectivity index (χ3v) is 3.33. The second-order valence-corrected chi connectivity index (χ2v) is 5.10. The van der Waals surface area contributed by atoms with Crippen LogP contribution >= 0.6 is 0 Å². The molecule has 0 saturated carbocycles. The van der Waals surface area contributed by atoms with Crippen LogP contribution in [0.2, 0.25) is 0 Å². The van der Waals surface area contributed by atoms with Crippen LogP contribution in [0.15, 0.2) is 0 Å². The van der Waals surface area contributed by atoms with Crippen LogP contribution in [0.4, 0.5) is 0 Å². The Balaban J connectivity index is 2.32. The van der Waals surface area contributed by atoms with Crippen LogP contribution in [0, 0.1) is 5.92 Å². The third-order valence-electron chi connectivity index (χ3n) is 3.33. The van der Waals surface area contributed by atoms with Crippen molar-refractivity contribution in [2.75, 3.05) is 13.1 Å². The van der Waals surface area contributed by atoms with Gasteiger partial charge in [-0.1, -0.05) is 6.92 Å². The van der Waals surface area contributed by atoms with Gasteiger partial charge in [0.25, 0.3) is 0 Å². The molecule has 1 heterocycles. The van der Waals surface area contributed by atoms with Gasteiger partial charge < -0.3 is 16.0 Å². The van der Waals surface area contributed by atoms with E-state index in [2.05, 4.69) is 22.9 Å². The molecular formula is C13H25N3O2. The molecule has 0 aromatic rings. The van der Waals surface area contributed by atoms with Crippen LogP contribution in [0.3, 0.4) is 0 Å². The number of carbonyl (C=O) groups excluding carboxylic acids is 2. The van der Waals surface area contributed by atoms with Crippen LogP contribution in [0.5, 0.6) is 0 Å². The monoisotopic (exact) mass is 255 g/mol. The standard InChI is InChI=1S/C13H25N3O2/c1-4-7-14-12(17)10(3)16-13(18)11-6-5-9(2)15-8-11/h9-11,15H,4-8H2,1-3H3,(H,14,17)(H,16,18). The summed E-state index contributed by atoms with van der Waals surface area (Å²) in [6.45, 7) is 7.20. The van der Waals surface area contributed by atoms with Crippen LogP contribution in [-0.4, -0.2) is 37.0 Å². The number of piperidine rings is 1. The van der Waals surface area contributed by atoms with E-state index in [0.717, 1.165) is 19.3 Å². The highest BCUT2D eigenvalue weighted by Gasteiger charge is 2.26. The smallest absolute Gasteiger partial charge is 0.242 e. The fourth-order valence-corrected chi connectivity index (χ4v) is 2.02. The Morgan fingerprint density at radius 2 is 2.11 bits per heavy atom. The van der Waals surface area contributed by atoms with E-state index in [1.807, 2.05) is 6.92 Å². The maximum atomic E-state index is 12.0. The van der Waals surface area contributed by atoms with E-state index < -0.39 is 6.04 Å². The Morgan fingerprint density at radius 1 is 1.39 bits per heavy atom. The third kappa shape index (κ3) is 4.64. The molecule has 2 amide bonds. The molecule has 1 saturated heterocycles. The van der Waals surface area contributed by atoms with E-state index in [1.54, 1.807) is 6.92 Å². The summed E-state index contributed by atoms with van der Waals surface area (Å²) in [5.74, 6) is -0.140. The maximum Gasteiger partial charge on any atom is 0.242 e. The van der Waals surface area contributed by atoms with E-state index in [0.29, 0.717) is 19.1 Å². The average molecular weight is 255 g/mol. The predicted octanol–water partition coefficient (Wildman–Crippen LogP) is 0.405. The van der Waals surface area contributed by atoms with Crippen LogP contribution in [0.25, 0.3) is 0 Å². The fourth-order valence-electron chi connectivity index (χ4n) is 2.02. The van der Waals surface area contributed by atoms with Gasteiger partial charge in [0.1, 0.15) is 6.04 Å². The molecule has 0 aromatic heterocycles. The highest BCUT2D eigenvalue weighted by Crippen LogP contribution is 2.14. The van der Waals surface area contributed by atoms with Gasteiger partial charge in [-0.15, -0.1) is 0 Å². The van der Waals surface area contributed by atoms with E-state index in [-0.39, 0.29) is 17.7 Å². The molecule has 5 heteroatoms. The summed E-state index contributed by atoms with van der Waals surface area (Å²) in [6.07, 6.45) is 2.80. The Bertz CT molecular complexity index is 286. The van der Waals surface area contributed by atoms with Gasteiger partial charge in [0.2, 0.25) is 11.8 Å². The van der Waals surface area contributed by atoms with Crippen molar-refractivity contribution in [3.8, 4) is 0 Å². The lowest BCUT2D eigenvalue weighted by molar-refractivity contribution is -0.131. The van der Waals surface area contributed by atoms with Gasteiger partial charge in [-0.3, -0.25) is 9.59 Å². The zero-order valence-electron chi connectivity index (χ0n) is 11.6. The van der Waals surface area contributed by atoms with Crippen LogP contribution < -0.4 is 16.0 Å². The molecular weight excluding hydrogens is 230 g/mol. The first-order valence-corrected chi connectivity index (χ1v) is 6.86. The molecule has 5 nitrogen and oxygen atoms in total. The topological polar surface area (TPSA) is 70.2 Å². The summed E-state index contributed by atoms with van der Waals surface area (Å²) in [6, 6.07) is 0.0303. The molecule has 0 aromatic carbocycles. The molecule has 3 N–H and O–H groups in total. The van der Waals surface area contributed by atoms with Crippen molar-refractivity contribution in [2.45, 2.75) is 52.1 Å². The van der Waals surface area contributed by atoms with Gasteiger partial charge in [0, 0.05) is 19.1 Å². The predicted molar refractivity (Wildman–Crippen MR) is 71.1 cm³/mol. The maximum absolute atomic E-state index is 12.0. The van der Waals surface area contributed by atoms with Gasteiger partial charge in [-0.25, -0.2) is 0 Å². The second kappa shape index (κ2) is 7.36. The summed E-state index contributed by atoms with van der Waals surface area (Å²) in [5, 5.41) is 8.85. The van der Waals surface area contributed by atoms with Crippen molar-refractivity contribution in [1.29, 1.82) is 0 Å². The van der Waals surface area contributed by atoms with Crippen molar-refractivity contribution in [2.24, 2.45) is 5.92 Å². The first-order valence-electron chi connectivity index (χ1n) is 6.86. The first kappa shape index (κ1) is 15.0. The lowest BCUT2D eigenvalue weighted by Crippen LogP contribution is -2.50. The molecule has 0 spiro atoms. The average Bonchev–Trinajstić information content (AvgIpc) is 2.36. The minimum Gasteiger partial charge on any atom is -0.354 e. The highest BCUT2D eigenvalue weighted by atomic mass is 16.2. The molecule has 1 fully saturated rings. The largest absolute Gasteiger partial charge is 0.354 e. The second-order valence-electron chi connectivity index (χ2n) is 5.10. The Labute approximate surface area is 109 Å². The van der Waals surface area contributed by atoms with Gasteiger partial charge in [0.05, 0.1) is 5.92 Å². The number of carbonyl (C=O) groups is 2. The molecule has 18 heavy (non-hydrogen) atoms. The quantitative estimate of drug-likeness (QED) is 0.666. The molecule has 3 atom stereocenters. The number of hydrogen-bond acceptors (Lipinski definition) is 3. The molecule has 3 unspecified atom stereocenters. The lowest BCUT2D eigenvalue weighted by atomic mass is 9.94. The Morgan fingerprint density at radius 3 is 2.67 bits per heavy atom. The Kier molecular flexibility index (Phi) is 6.12. The highest BCUT2D eigenvalue weighted by molar-refractivity contribution is 5.88. The summed E-state index contributed by atoms with van der Waals surface area (Å²) in [7, 11) is 0. The van der Waals surface area contributed by atoms with Gasteiger partial charge in [-0.05, 0) is 33.1 Å². The molecule has 104 valence electrons. The van der Waals surface area contributed by atoms with Crippen LogP contribution in [-0.2, 0) is 9.59 Å². The summed E-state index contributed by atoms with van der Waals surface area (Å²) >= 11 is 0. The zero-order valence-corrected chi connectivity index (χ0v) is 11.6. The fraction of sp³-hybridized carbons (Fsp3) is 0.846. The van der Waals surface area contributed by atoms with Crippen molar-refractivity contribution in [3.05, 3.63) is 0 Å². The van der Waals surface area contributed by atoms with E-state index in [4.69, 9.17) is 0 Å². The lowest BCUT2D eigenvalue weighted by Gasteiger charge is -2.27. The normalized spacial score (nSPS) is 25.3. The van der Waals surface area contributed by atoms with Gasteiger partial charge in [-0.2, -0.15) is 0 Å². The molecule has 0 radical (unpaired) electrons. The van der Waals surface area contributed by atoms with Crippen molar-refractivity contribution >= 4 is 11.8 Å². The summed E-state index contributed by atoms with van der Waals surface area (Å²) in [5.41, 5.74) is 0. The zero-order chi connectivity index (χ0) is 13.5. The number of rotatable bonds is 5. The molecule has 1 rings (SSSR count). The molecule has 1 aliphatic heterocycles. The van der Waals surface area contributed by atoms with Crippen LogP contribution in [0.1, 0.15) is 40.0 Å². The Hall–Kier alpha value is -1.10. The SMILES string of the molecule is CCCNC(=O)C(C)NC(=O)C1CCC(C)NC1. The van der Waals surface area contributed by atoms with Gasteiger partial charge >= 0.3 is 0 Å². The molecule has 0 aliphatic carbocycles. The van der Waals surface area contributed by atoms with Crippen molar-refractivity contribution in [1.82, 2.24) is 16.0 Å². The van der Waals surface area contributed by atoms with E-state index >= 15 is 0 Å². The van der Waals surface area contributed by atoms with E-state index in [9.17, 15) is 9.59 Å². The first-order chi connectivity index (χ1) is 8.54. The minimum absolute atomic E-state index is 0.0115. The summed E-state index contributed by atoms with van der Waals surface area (Å²) in [4.78, 5) is 23.6.